The van der Waals surface area contributed by atoms with Crippen molar-refractivity contribution in [2.45, 2.75) is 57.1 Å². The summed E-state index contributed by atoms with van der Waals surface area (Å²) in [4.78, 5) is 25.4. The minimum Gasteiger partial charge on any atom is -0.490 e. The maximum absolute atomic E-state index is 13.1. The van der Waals surface area contributed by atoms with Gasteiger partial charge in [-0.1, -0.05) is 65.5 Å². The lowest BCUT2D eigenvalue weighted by Crippen LogP contribution is -2.43. The van der Waals surface area contributed by atoms with Crippen LogP contribution in [-0.2, 0) is 9.59 Å². The molecule has 1 aliphatic carbocycles. The Labute approximate surface area is 238 Å². The lowest BCUT2D eigenvalue weighted by molar-refractivity contribution is -0.128. The van der Waals surface area contributed by atoms with Crippen molar-refractivity contribution in [3.63, 3.8) is 0 Å². The molecule has 3 aromatic rings. The molecule has 0 bridgehead atoms. The molecule has 1 unspecified atom stereocenters. The van der Waals surface area contributed by atoms with Crippen LogP contribution >= 0.6 is 34.8 Å². The number of hydrogen-bond acceptors (Lipinski definition) is 3. The van der Waals surface area contributed by atoms with Crippen LogP contribution in [0, 0.1) is 18.1 Å². The Hall–Kier alpha value is -2.91. The lowest BCUT2D eigenvalue weighted by Gasteiger charge is -2.33. The third-order valence-corrected chi connectivity index (χ3v) is 7.29. The molecule has 0 spiro atoms. The summed E-state index contributed by atoms with van der Waals surface area (Å²) in [5.74, 6) is -0.137. The van der Waals surface area contributed by atoms with Crippen LogP contribution in [0.25, 0.3) is 0 Å². The first-order valence-electron chi connectivity index (χ1n) is 12.7. The van der Waals surface area contributed by atoms with Crippen molar-refractivity contribution in [3.8, 4) is 5.75 Å². The molecule has 1 saturated heterocycles. The molecule has 3 aromatic carbocycles. The van der Waals surface area contributed by atoms with Gasteiger partial charge in [-0.2, -0.15) is 0 Å². The average Bonchev–Trinajstić information content (AvgIpc) is 2.91. The number of halogens is 3. The SMILES string of the molecule is Clc1ccccc1.O=C1CCC(C(=O)Nc2c#ccc(Cl)c2)[C@@H](c2cc(Cl)ccc2OC2CCCCC2)N1. The number of carbonyl (C=O) groups excluding carboxylic acids is 2. The van der Waals surface area contributed by atoms with Crippen molar-refractivity contribution in [2.75, 3.05) is 5.32 Å². The van der Waals surface area contributed by atoms with Crippen molar-refractivity contribution < 1.29 is 14.3 Å². The molecule has 2 aliphatic rings. The summed E-state index contributed by atoms with van der Waals surface area (Å²) in [6, 6.07) is 23.1. The molecule has 38 heavy (non-hydrogen) atoms. The maximum atomic E-state index is 13.1. The highest BCUT2D eigenvalue weighted by Gasteiger charge is 2.37. The van der Waals surface area contributed by atoms with Gasteiger partial charge < -0.3 is 15.4 Å². The van der Waals surface area contributed by atoms with Gasteiger partial charge in [0.1, 0.15) is 5.75 Å². The van der Waals surface area contributed by atoms with E-state index in [-0.39, 0.29) is 24.3 Å². The summed E-state index contributed by atoms with van der Waals surface area (Å²) in [6.45, 7) is 0. The average molecular weight is 572 g/mol. The van der Waals surface area contributed by atoms with Crippen LogP contribution in [0.5, 0.6) is 5.75 Å². The van der Waals surface area contributed by atoms with Crippen molar-refractivity contribution in [1.29, 1.82) is 0 Å². The summed E-state index contributed by atoms with van der Waals surface area (Å²) >= 11 is 17.8. The fraction of sp³-hybridized carbons (Fsp3) is 0.333. The van der Waals surface area contributed by atoms with Gasteiger partial charge in [-0.15, -0.1) is 0 Å². The third kappa shape index (κ3) is 8.04. The van der Waals surface area contributed by atoms with Crippen LogP contribution in [0.4, 0.5) is 5.69 Å². The molecule has 1 heterocycles. The monoisotopic (exact) mass is 570 g/mol. The topological polar surface area (TPSA) is 67.4 Å². The number of anilines is 1. The number of amides is 2. The van der Waals surface area contributed by atoms with Crippen molar-refractivity contribution in [1.82, 2.24) is 5.32 Å². The summed E-state index contributed by atoms with van der Waals surface area (Å²) in [6.07, 6.45) is 6.36. The van der Waals surface area contributed by atoms with Gasteiger partial charge in [0.15, 0.2) is 0 Å². The van der Waals surface area contributed by atoms with E-state index in [0.717, 1.165) is 36.3 Å². The normalized spacial score (nSPS) is 19.3. The fourth-order valence-electron chi connectivity index (χ4n) is 4.71. The van der Waals surface area contributed by atoms with Crippen molar-refractivity contribution >= 4 is 52.3 Å². The number of carbonyl (C=O) groups is 2. The largest absolute Gasteiger partial charge is 0.490 e. The number of piperidine rings is 1. The number of hydrogen-bond donors (Lipinski definition) is 2. The molecule has 8 heteroatoms. The van der Waals surface area contributed by atoms with Crippen molar-refractivity contribution in [3.05, 3.63) is 93.4 Å². The molecule has 5 nitrogen and oxygen atoms in total. The van der Waals surface area contributed by atoms with Gasteiger partial charge in [0.2, 0.25) is 11.8 Å². The van der Waals surface area contributed by atoms with E-state index in [0.29, 0.717) is 27.9 Å². The predicted molar refractivity (Wildman–Crippen MR) is 152 cm³/mol. The van der Waals surface area contributed by atoms with Crippen LogP contribution in [0.15, 0.2) is 60.7 Å². The van der Waals surface area contributed by atoms with Gasteiger partial charge in [-0.05, 0) is 74.6 Å². The van der Waals surface area contributed by atoms with Gasteiger partial charge in [-0.25, -0.2) is 0 Å². The van der Waals surface area contributed by atoms with Gasteiger partial charge in [0, 0.05) is 28.1 Å². The molecule has 198 valence electrons. The smallest absolute Gasteiger partial charge is 0.230 e. The molecule has 0 aromatic heterocycles. The van der Waals surface area contributed by atoms with Gasteiger partial charge in [0.25, 0.3) is 0 Å². The molecule has 2 fully saturated rings. The quantitative estimate of drug-likeness (QED) is 0.328. The number of ether oxygens (including phenoxy) is 1. The van der Waals surface area contributed by atoms with Crippen LogP contribution in [0.3, 0.4) is 0 Å². The second-order valence-corrected chi connectivity index (χ2v) is 10.7. The first kappa shape index (κ1) is 28.1. The number of nitrogens with one attached hydrogen (secondary N) is 2. The van der Waals surface area contributed by atoms with E-state index < -0.39 is 12.0 Å². The highest BCUT2D eigenvalue weighted by Crippen LogP contribution is 2.38. The minimum atomic E-state index is -0.540. The van der Waals surface area contributed by atoms with E-state index in [4.69, 9.17) is 39.5 Å². The second kappa shape index (κ2) is 13.8. The molecule has 1 saturated carbocycles. The van der Waals surface area contributed by atoms with Gasteiger partial charge >= 0.3 is 0 Å². The Morgan fingerprint density at radius 1 is 0.921 bits per heavy atom. The molecule has 2 amide bonds. The molecular weight excluding hydrogens is 543 g/mol. The minimum absolute atomic E-state index is 0.0970. The number of rotatable bonds is 5. The van der Waals surface area contributed by atoms with Crippen LogP contribution in [0.2, 0.25) is 15.1 Å². The maximum Gasteiger partial charge on any atom is 0.230 e. The van der Waals surface area contributed by atoms with Gasteiger partial charge in [0.05, 0.1) is 28.8 Å². The molecule has 0 radical (unpaired) electrons. The Kier molecular flexibility index (Phi) is 10.2. The predicted octanol–water partition coefficient (Wildman–Crippen LogP) is 7.85. The zero-order chi connectivity index (χ0) is 26.9. The highest BCUT2D eigenvalue weighted by atomic mass is 35.5. The molecule has 2 N–H and O–H groups in total. The molecular formula is C30H29Cl3N2O3. The first-order chi connectivity index (χ1) is 18.4. The third-order valence-electron chi connectivity index (χ3n) is 6.58. The molecule has 2 atom stereocenters. The van der Waals surface area contributed by atoms with Crippen LogP contribution in [-0.4, -0.2) is 17.9 Å². The molecule has 5 rings (SSSR count). The Balaban J connectivity index is 0.000000417. The zero-order valence-electron chi connectivity index (χ0n) is 20.8. The Morgan fingerprint density at radius 2 is 1.68 bits per heavy atom. The highest BCUT2D eigenvalue weighted by molar-refractivity contribution is 6.31. The van der Waals surface area contributed by atoms with Crippen LogP contribution in [0.1, 0.15) is 56.6 Å². The van der Waals surface area contributed by atoms with E-state index in [2.05, 4.69) is 22.8 Å². The van der Waals surface area contributed by atoms with E-state index >= 15 is 0 Å². The van der Waals surface area contributed by atoms with Crippen molar-refractivity contribution in [2.24, 2.45) is 5.92 Å². The fourth-order valence-corrected chi connectivity index (χ4v) is 5.20. The van der Waals surface area contributed by atoms with E-state index in [1.54, 1.807) is 24.3 Å². The summed E-state index contributed by atoms with van der Waals surface area (Å²) in [7, 11) is 0. The van der Waals surface area contributed by atoms with Crippen LogP contribution < -0.4 is 15.4 Å². The summed E-state index contributed by atoms with van der Waals surface area (Å²) in [5.41, 5.74) is 1.17. The summed E-state index contributed by atoms with van der Waals surface area (Å²) in [5, 5.41) is 7.61. The first-order valence-corrected chi connectivity index (χ1v) is 13.9. The van der Waals surface area contributed by atoms with E-state index in [9.17, 15) is 9.59 Å². The zero-order valence-corrected chi connectivity index (χ0v) is 23.1. The van der Waals surface area contributed by atoms with Gasteiger partial charge in [-0.3, -0.25) is 9.59 Å². The lowest BCUT2D eigenvalue weighted by atomic mass is 9.84. The molecule has 1 aliphatic heterocycles. The number of benzene rings is 2. The summed E-state index contributed by atoms with van der Waals surface area (Å²) < 4.78 is 6.32. The standard InChI is InChI=1S/C24H24Cl2N2O3.C6H5Cl/c25-15-5-4-6-17(13-15)27-24(30)19-10-12-22(29)28-23(19)20-14-16(26)9-11-21(20)31-18-7-2-1-3-8-18;7-6-4-2-1-3-5-6/h5,9,11,13-14,18-19,23H,1-3,7-8,10,12H2,(H,27,30)(H,28,29);1-5H/t19?,23-;/m0./s1. The second-order valence-electron chi connectivity index (χ2n) is 9.39. The Bertz CT molecular complexity index is 1230. The van der Waals surface area contributed by atoms with E-state index in [1.807, 2.05) is 36.4 Å². The van der Waals surface area contributed by atoms with E-state index in [1.165, 1.54) is 6.42 Å². The Morgan fingerprint density at radius 3 is 2.37 bits per heavy atom.